The van der Waals surface area contributed by atoms with E-state index in [1.807, 2.05) is 0 Å². The van der Waals surface area contributed by atoms with Gasteiger partial charge in [-0.25, -0.2) is 0 Å². The van der Waals surface area contributed by atoms with Gasteiger partial charge in [-0.3, -0.25) is 25.0 Å². The molecule has 0 unspecified atom stereocenters. The first-order valence-corrected chi connectivity index (χ1v) is 6.58. The summed E-state index contributed by atoms with van der Waals surface area (Å²) in [5, 5.41) is 13.4. The Morgan fingerprint density at radius 1 is 1.40 bits per heavy atom. The molecule has 1 aliphatic heterocycles. The predicted octanol–water partition coefficient (Wildman–Crippen LogP) is 1.60. The van der Waals surface area contributed by atoms with Crippen LogP contribution >= 0.6 is 15.9 Å². The van der Waals surface area contributed by atoms with E-state index in [0.717, 1.165) is 0 Å². The normalized spacial score (nSPS) is 17.9. The third-order valence-electron chi connectivity index (χ3n) is 3.21. The average molecular weight is 342 g/mol. The number of imide groups is 1. The Bertz CT molecular complexity index is 615. The van der Waals surface area contributed by atoms with Crippen LogP contribution in [-0.4, -0.2) is 28.8 Å². The number of amides is 2. The first kappa shape index (κ1) is 14.4. The van der Waals surface area contributed by atoms with Gasteiger partial charge in [0.25, 0.3) is 11.6 Å². The summed E-state index contributed by atoms with van der Waals surface area (Å²) >= 11 is 3.17. The van der Waals surface area contributed by atoms with Gasteiger partial charge in [-0.2, -0.15) is 0 Å². The largest absolute Gasteiger partial charge is 0.343 e. The van der Waals surface area contributed by atoms with Crippen LogP contribution in [-0.2, 0) is 9.59 Å². The number of carbonyl (C=O) groups is 2. The van der Waals surface area contributed by atoms with Crippen molar-refractivity contribution in [3.05, 3.63) is 32.8 Å². The fourth-order valence-electron chi connectivity index (χ4n) is 2.04. The minimum atomic E-state index is -1.05. The van der Waals surface area contributed by atoms with E-state index in [2.05, 4.69) is 21.2 Å². The summed E-state index contributed by atoms with van der Waals surface area (Å²) in [5.41, 5.74) is -0.965. The molecular weight excluding hydrogens is 330 g/mol. The first-order chi connectivity index (χ1) is 9.23. The van der Waals surface area contributed by atoms with E-state index in [1.165, 1.54) is 17.0 Å². The van der Waals surface area contributed by atoms with Crippen molar-refractivity contribution in [2.45, 2.75) is 19.4 Å². The lowest BCUT2D eigenvalue weighted by Gasteiger charge is -2.41. The van der Waals surface area contributed by atoms with E-state index < -0.39 is 22.3 Å². The van der Waals surface area contributed by atoms with Gasteiger partial charge in [0.15, 0.2) is 0 Å². The second kappa shape index (κ2) is 4.86. The SMILES string of the molecule is CC1(C)C(=O)NC(=O)CN1c1ccc(Br)cc1[N+](=O)[O-]. The van der Waals surface area contributed by atoms with Crippen LogP contribution in [0.5, 0.6) is 0 Å². The minimum Gasteiger partial charge on any atom is -0.343 e. The van der Waals surface area contributed by atoms with Crippen molar-refractivity contribution < 1.29 is 14.5 Å². The van der Waals surface area contributed by atoms with E-state index in [0.29, 0.717) is 4.47 Å². The Kier molecular flexibility index (Phi) is 3.51. The summed E-state index contributed by atoms with van der Waals surface area (Å²) in [6.07, 6.45) is 0. The van der Waals surface area contributed by atoms with Crippen molar-refractivity contribution in [2.75, 3.05) is 11.4 Å². The number of rotatable bonds is 2. The van der Waals surface area contributed by atoms with Crippen molar-refractivity contribution in [3.8, 4) is 0 Å². The van der Waals surface area contributed by atoms with Gasteiger partial charge < -0.3 is 4.90 Å². The molecule has 0 atom stereocenters. The van der Waals surface area contributed by atoms with Crippen LogP contribution in [0.2, 0.25) is 0 Å². The molecule has 0 saturated carbocycles. The summed E-state index contributed by atoms with van der Waals surface area (Å²) < 4.78 is 0.554. The molecular formula is C12H12BrN3O4. The zero-order valence-electron chi connectivity index (χ0n) is 10.8. The third-order valence-corrected chi connectivity index (χ3v) is 3.70. The summed E-state index contributed by atoms with van der Waals surface area (Å²) in [6, 6.07) is 4.51. The highest BCUT2D eigenvalue weighted by atomic mass is 79.9. The second-order valence-electron chi connectivity index (χ2n) is 4.91. The number of piperazine rings is 1. The van der Waals surface area contributed by atoms with Gasteiger partial charge in [0, 0.05) is 10.5 Å². The van der Waals surface area contributed by atoms with Crippen LogP contribution in [0.1, 0.15) is 13.8 Å². The van der Waals surface area contributed by atoms with Crippen molar-refractivity contribution in [2.24, 2.45) is 0 Å². The number of halogens is 1. The quantitative estimate of drug-likeness (QED) is 0.501. The number of carbonyl (C=O) groups excluding carboxylic acids is 2. The smallest absolute Gasteiger partial charge is 0.293 e. The molecule has 1 aromatic rings. The summed E-state index contributed by atoms with van der Waals surface area (Å²) in [5.74, 6) is -0.961. The molecule has 1 heterocycles. The number of benzene rings is 1. The standard InChI is InChI=1S/C12H12BrN3O4/c1-12(2)11(18)14-10(17)6-15(12)8-4-3-7(13)5-9(8)16(19)20/h3-5H,6H2,1-2H3,(H,14,17,18). The zero-order valence-corrected chi connectivity index (χ0v) is 12.4. The van der Waals surface area contributed by atoms with Gasteiger partial charge in [0.2, 0.25) is 5.91 Å². The van der Waals surface area contributed by atoms with Crippen molar-refractivity contribution in [3.63, 3.8) is 0 Å². The van der Waals surface area contributed by atoms with E-state index in [9.17, 15) is 19.7 Å². The maximum absolute atomic E-state index is 11.9. The molecule has 7 nitrogen and oxygen atoms in total. The fourth-order valence-corrected chi connectivity index (χ4v) is 2.39. The van der Waals surface area contributed by atoms with Gasteiger partial charge in [-0.15, -0.1) is 0 Å². The molecule has 1 aromatic carbocycles. The Balaban J connectivity index is 2.57. The predicted molar refractivity (Wildman–Crippen MR) is 75.4 cm³/mol. The summed E-state index contributed by atoms with van der Waals surface area (Å²) in [6.45, 7) is 3.11. The van der Waals surface area contributed by atoms with Crippen LogP contribution in [0, 0.1) is 10.1 Å². The molecule has 0 aromatic heterocycles. The Hall–Kier alpha value is -1.96. The average Bonchev–Trinajstić information content (AvgIpc) is 2.34. The number of anilines is 1. The Morgan fingerprint density at radius 3 is 2.65 bits per heavy atom. The second-order valence-corrected chi connectivity index (χ2v) is 5.83. The summed E-state index contributed by atoms with van der Waals surface area (Å²) in [4.78, 5) is 35.5. The van der Waals surface area contributed by atoms with E-state index in [1.54, 1.807) is 19.9 Å². The van der Waals surface area contributed by atoms with Crippen LogP contribution in [0.4, 0.5) is 11.4 Å². The highest BCUT2D eigenvalue weighted by molar-refractivity contribution is 9.10. The van der Waals surface area contributed by atoms with Gasteiger partial charge >= 0.3 is 0 Å². The maximum Gasteiger partial charge on any atom is 0.293 e. The lowest BCUT2D eigenvalue weighted by molar-refractivity contribution is -0.384. The van der Waals surface area contributed by atoms with Gasteiger partial charge in [-0.1, -0.05) is 15.9 Å². The number of hydrogen-bond acceptors (Lipinski definition) is 5. The molecule has 8 heteroatoms. The van der Waals surface area contributed by atoms with Gasteiger partial charge in [-0.05, 0) is 26.0 Å². The number of nitro groups is 1. The molecule has 20 heavy (non-hydrogen) atoms. The maximum atomic E-state index is 11.9. The molecule has 1 aliphatic rings. The molecule has 2 rings (SSSR count). The molecule has 0 bridgehead atoms. The molecule has 0 spiro atoms. The van der Waals surface area contributed by atoms with E-state index in [-0.39, 0.29) is 17.9 Å². The van der Waals surface area contributed by atoms with Crippen LogP contribution in [0.3, 0.4) is 0 Å². The summed E-state index contributed by atoms with van der Waals surface area (Å²) in [7, 11) is 0. The molecule has 1 fully saturated rings. The van der Waals surface area contributed by atoms with E-state index >= 15 is 0 Å². The Labute approximate surface area is 123 Å². The first-order valence-electron chi connectivity index (χ1n) is 5.79. The van der Waals surface area contributed by atoms with Crippen molar-refractivity contribution >= 4 is 39.1 Å². The fraction of sp³-hybridized carbons (Fsp3) is 0.333. The highest BCUT2D eigenvalue weighted by Crippen LogP contribution is 2.35. The zero-order chi connectivity index (χ0) is 15.1. The molecule has 2 amide bonds. The highest BCUT2D eigenvalue weighted by Gasteiger charge is 2.43. The molecule has 0 aliphatic carbocycles. The molecule has 0 radical (unpaired) electrons. The Morgan fingerprint density at radius 2 is 2.05 bits per heavy atom. The molecule has 1 N–H and O–H groups in total. The lowest BCUT2D eigenvalue weighted by Crippen LogP contribution is -2.64. The lowest BCUT2D eigenvalue weighted by atomic mass is 9.97. The topological polar surface area (TPSA) is 92.6 Å². The number of nitrogens with zero attached hydrogens (tertiary/aromatic N) is 2. The number of hydrogen-bond donors (Lipinski definition) is 1. The van der Waals surface area contributed by atoms with Crippen molar-refractivity contribution in [1.82, 2.24) is 5.32 Å². The number of nitro benzene ring substituents is 1. The minimum absolute atomic E-state index is 0.110. The molecule has 106 valence electrons. The van der Waals surface area contributed by atoms with Crippen LogP contribution < -0.4 is 10.2 Å². The van der Waals surface area contributed by atoms with Crippen LogP contribution in [0.15, 0.2) is 22.7 Å². The third kappa shape index (κ3) is 2.38. The van der Waals surface area contributed by atoms with E-state index in [4.69, 9.17) is 0 Å². The van der Waals surface area contributed by atoms with Crippen LogP contribution in [0.25, 0.3) is 0 Å². The number of nitrogens with one attached hydrogen (secondary N) is 1. The molecule has 1 saturated heterocycles. The van der Waals surface area contributed by atoms with Crippen molar-refractivity contribution in [1.29, 1.82) is 0 Å². The monoisotopic (exact) mass is 341 g/mol. The van der Waals surface area contributed by atoms with Gasteiger partial charge in [0.1, 0.15) is 11.2 Å². The van der Waals surface area contributed by atoms with Gasteiger partial charge in [0.05, 0.1) is 11.5 Å².